The molecule has 1 amide bonds. The maximum atomic E-state index is 12.3. The van der Waals surface area contributed by atoms with Gasteiger partial charge in [0, 0.05) is 25.0 Å². The topological polar surface area (TPSA) is 46.3 Å². The van der Waals surface area contributed by atoms with Gasteiger partial charge in [0.25, 0.3) is 0 Å². The fraction of sp³-hybridized carbons (Fsp3) is 0.929. The van der Waals surface area contributed by atoms with E-state index >= 15 is 0 Å². The predicted molar refractivity (Wildman–Crippen MR) is 69.5 cm³/mol. The molecule has 1 heterocycles. The molecule has 3 nitrogen and oxygen atoms in total. The molecule has 2 atom stereocenters. The number of hydrogen-bond donors (Lipinski definition) is 1. The number of carbonyl (C=O) groups excluding carboxylic acids is 1. The van der Waals surface area contributed by atoms with Crippen LogP contribution in [0.3, 0.4) is 0 Å². The van der Waals surface area contributed by atoms with Gasteiger partial charge in [-0.3, -0.25) is 4.79 Å². The van der Waals surface area contributed by atoms with E-state index < -0.39 is 0 Å². The smallest absolute Gasteiger partial charge is 0.225 e. The fourth-order valence-corrected chi connectivity index (χ4v) is 3.12. The summed E-state index contributed by atoms with van der Waals surface area (Å²) in [6.45, 7) is 6.51. The Morgan fingerprint density at radius 2 is 2.00 bits per heavy atom. The van der Waals surface area contributed by atoms with Crippen LogP contribution in [0.2, 0.25) is 0 Å². The standard InChI is InChI=1S/C14H26N2O/c1-3-14(2)6-8-16(9-7-14)13(17)11-4-5-12(15)10-11/h11-12H,3-10,15H2,1-2H3. The monoisotopic (exact) mass is 238 g/mol. The lowest BCUT2D eigenvalue weighted by Gasteiger charge is -2.39. The summed E-state index contributed by atoms with van der Waals surface area (Å²) in [5, 5.41) is 0. The van der Waals surface area contributed by atoms with Crippen LogP contribution in [0, 0.1) is 11.3 Å². The predicted octanol–water partition coefficient (Wildman–Crippen LogP) is 2.15. The zero-order chi connectivity index (χ0) is 12.5. The third-order valence-corrected chi connectivity index (χ3v) is 4.96. The van der Waals surface area contributed by atoms with Crippen molar-refractivity contribution in [2.24, 2.45) is 17.1 Å². The van der Waals surface area contributed by atoms with Gasteiger partial charge < -0.3 is 10.6 Å². The van der Waals surface area contributed by atoms with Gasteiger partial charge in [0.05, 0.1) is 0 Å². The molecule has 1 saturated carbocycles. The van der Waals surface area contributed by atoms with E-state index in [0.717, 1.165) is 45.2 Å². The molecule has 98 valence electrons. The Morgan fingerprint density at radius 3 is 2.47 bits per heavy atom. The highest BCUT2D eigenvalue weighted by molar-refractivity contribution is 5.79. The average molecular weight is 238 g/mol. The van der Waals surface area contributed by atoms with Gasteiger partial charge in [-0.25, -0.2) is 0 Å². The van der Waals surface area contributed by atoms with Crippen molar-refractivity contribution >= 4 is 5.91 Å². The number of rotatable bonds is 2. The van der Waals surface area contributed by atoms with Gasteiger partial charge in [-0.15, -0.1) is 0 Å². The molecule has 2 rings (SSSR count). The zero-order valence-electron chi connectivity index (χ0n) is 11.2. The molecule has 1 aliphatic carbocycles. The highest BCUT2D eigenvalue weighted by Crippen LogP contribution is 2.35. The van der Waals surface area contributed by atoms with E-state index in [2.05, 4.69) is 18.7 Å². The Kier molecular flexibility index (Phi) is 3.76. The number of nitrogens with two attached hydrogens (primary N) is 1. The van der Waals surface area contributed by atoms with Crippen molar-refractivity contribution in [3.8, 4) is 0 Å². The molecule has 3 heteroatoms. The van der Waals surface area contributed by atoms with Crippen LogP contribution in [-0.2, 0) is 4.79 Å². The second kappa shape index (κ2) is 4.97. The largest absolute Gasteiger partial charge is 0.342 e. The summed E-state index contributed by atoms with van der Waals surface area (Å²) in [6.07, 6.45) is 6.48. The van der Waals surface area contributed by atoms with Crippen LogP contribution in [0.25, 0.3) is 0 Å². The molecule has 0 aromatic rings. The van der Waals surface area contributed by atoms with Crippen molar-refractivity contribution in [3.63, 3.8) is 0 Å². The zero-order valence-corrected chi connectivity index (χ0v) is 11.2. The van der Waals surface area contributed by atoms with Crippen LogP contribution in [0.1, 0.15) is 52.4 Å². The summed E-state index contributed by atoms with van der Waals surface area (Å²) in [4.78, 5) is 14.4. The molecular weight excluding hydrogens is 212 g/mol. The quantitative estimate of drug-likeness (QED) is 0.801. The third kappa shape index (κ3) is 2.82. The first kappa shape index (κ1) is 12.9. The number of nitrogens with zero attached hydrogens (tertiary/aromatic N) is 1. The van der Waals surface area contributed by atoms with E-state index in [4.69, 9.17) is 5.73 Å². The van der Waals surface area contributed by atoms with Gasteiger partial charge >= 0.3 is 0 Å². The lowest BCUT2D eigenvalue weighted by atomic mass is 9.78. The minimum Gasteiger partial charge on any atom is -0.342 e. The van der Waals surface area contributed by atoms with Crippen LogP contribution in [0.5, 0.6) is 0 Å². The highest BCUT2D eigenvalue weighted by atomic mass is 16.2. The van der Waals surface area contributed by atoms with Crippen molar-refractivity contribution in [1.29, 1.82) is 0 Å². The summed E-state index contributed by atoms with van der Waals surface area (Å²) >= 11 is 0. The minimum atomic E-state index is 0.219. The van der Waals surface area contributed by atoms with Crippen LogP contribution >= 0.6 is 0 Å². The van der Waals surface area contributed by atoms with Crippen molar-refractivity contribution < 1.29 is 4.79 Å². The average Bonchev–Trinajstić information content (AvgIpc) is 2.76. The molecule has 1 saturated heterocycles. The van der Waals surface area contributed by atoms with E-state index in [9.17, 15) is 4.79 Å². The van der Waals surface area contributed by atoms with Gasteiger partial charge in [0.15, 0.2) is 0 Å². The summed E-state index contributed by atoms with van der Waals surface area (Å²) in [6, 6.07) is 0.259. The van der Waals surface area contributed by atoms with E-state index in [1.165, 1.54) is 6.42 Å². The number of piperidine rings is 1. The lowest BCUT2D eigenvalue weighted by Crippen LogP contribution is -2.44. The van der Waals surface area contributed by atoms with E-state index in [1.54, 1.807) is 0 Å². The Morgan fingerprint density at radius 1 is 1.35 bits per heavy atom. The lowest BCUT2D eigenvalue weighted by molar-refractivity contribution is -0.137. The molecule has 2 unspecified atom stereocenters. The van der Waals surface area contributed by atoms with Gasteiger partial charge in [0.1, 0.15) is 0 Å². The van der Waals surface area contributed by atoms with Crippen molar-refractivity contribution in [2.45, 2.75) is 58.4 Å². The highest BCUT2D eigenvalue weighted by Gasteiger charge is 2.35. The Bertz CT molecular complexity index is 282. The molecule has 17 heavy (non-hydrogen) atoms. The molecule has 0 aromatic carbocycles. The molecule has 0 spiro atoms. The number of likely N-dealkylation sites (tertiary alicyclic amines) is 1. The first-order valence-corrected chi connectivity index (χ1v) is 7.08. The molecule has 0 aromatic heterocycles. The number of amides is 1. The summed E-state index contributed by atoms with van der Waals surface area (Å²) in [5.41, 5.74) is 6.35. The molecule has 2 N–H and O–H groups in total. The summed E-state index contributed by atoms with van der Waals surface area (Å²) in [7, 11) is 0. The van der Waals surface area contributed by atoms with E-state index in [-0.39, 0.29) is 12.0 Å². The first-order chi connectivity index (χ1) is 8.04. The van der Waals surface area contributed by atoms with Crippen LogP contribution in [-0.4, -0.2) is 29.9 Å². The Labute approximate surface area is 105 Å². The van der Waals surface area contributed by atoms with Gasteiger partial charge in [-0.1, -0.05) is 20.3 Å². The molecule has 1 aliphatic heterocycles. The minimum absolute atomic E-state index is 0.219. The fourth-order valence-electron chi connectivity index (χ4n) is 3.12. The van der Waals surface area contributed by atoms with Gasteiger partial charge in [0.2, 0.25) is 5.91 Å². The van der Waals surface area contributed by atoms with E-state index in [1.807, 2.05) is 0 Å². The maximum Gasteiger partial charge on any atom is 0.225 e. The first-order valence-electron chi connectivity index (χ1n) is 7.08. The molecular formula is C14H26N2O. The molecule has 2 aliphatic rings. The molecule has 0 bridgehead atoms. The maximum absolute atomic E-state index is 12.3. The van der Waals surface area contributed by atoms with Crippen molar-refractivity contribution in [1.82, 2.24) is 4.90 Å². The molecule has 2 fully saturated rings. The van der Waals surface area contributed by atoms with Crippen molar-refractivity contribution in [3.05, 3.63) is 0 Å². The van der Waals surface area contributed by atoms with Crippen LogP contribution < -0.4 is 5.73 Å². The Hall–Kier alpha value is -0.570. The van der Waals surface area contributed by atoms with Crippen LogP contribution in [0.4, 0.5) is 0 Å². The SMILES string of the molecule is CCC1(C)CCN(C(=O)C2CCC(N)C2)CC1. The molecule has 0 radical (unpaired) electrons. The Balaban J connectivity index is 1.86. The summed E-state index contributed by atoms with van der Waals surface area (Å²) < 4.78 is 0. The number of carbonyl (C=O) groups is 1. The van der Waals surface area contributed by atoms with Gasteiger partial charge in [-0.2, -0.15) is 0 Å². The number of hydrogen-bond acceptors (Lipinski definition) is 2. The van der Waals surface area contributed by atoms with Crippen LogP contribution in [0.15, 0.2) is 0 Å². The second-order valence-corrected chi connectivity index (χ2v) is 6.26. The second-order valence-electron chi connectivity index (χ2n) is 6.26. The van der Waals surface area contributed by atoms with Crippen molar-refractivity contribution in [2.75, 3.05) is 13.1 Å². The normalized spacial score (nSPS) is 32.8. The van der Waals surface area contributed by atoms with E-state index in [0.29, 0.717) is 11.3 Å². The van der Waals surface area contributed by atoms with Gasteiger partial charge in [-0.05, 0) is 37.5 Å². The summed E-state index contributed by atoms with van der Waals surface area (Å²) in [5.74, 6) is 0.590. The third-order valence-electron chi connectivity index (χ3n) is 4.96.